The standard InChI is InChI=1S/C21H20F3N5O4S/c1-5-33-19(30)20(3,11-25)12-7-15(34(31,32)6-2)17(27-9-12)18-28-13-8-16(21(22,23)24)26-10-14(13)29(18)4/h7-10H,5-6H2,1-4H3. The van der Waals surface area contributed by atoms with Crippen LogP contribution in [0.4, 0.5) is 13.2 Å². The van der Waals surface area contributed by atoms with Gasteiger partial charge in [0.05, 0.1) is 40.6 Å². The molecule has 3 aromatic heterocycles. The first kappa shape index (κ1) is 25.1. The summed E-state index contributed by atoms with van der Waals surface area (Å²) >= 11 is 0. The molecular weight excluding hydrogens is 475 g/mol. The second-order valence-electron chi connectivity index (χ2n) is 7.48. The van der Waals surface area contributed by atoms with Crippen molar-refractivity contribution in [3.8, 4) is 17.6 Å². The minimum atomic E-state index is -4.68. The van der Waals surface area contributed by atoms with Crippen molar-refractivity contribution in [2.45, 2.75) is 37.3 Å². The fourth-order valence-corrected chi connectivity index (χ4v) is 4.29. The Balaban J connectivity index is 2.29. The molecule has 180 valence electrons. The molecule has 0 aliphatic carbocycles. The first-order chi connectivity index (χ1) is 15.8. The van der Waals surface area contributed by atoms with Crippen molar-refractivity contribution < 1.29 is 31.1 Å². The van der Waals surface area contributed by atoms with E-state index in [1.165, 1.54) is 25.5 Å². The molecule has 1 atom stereocenters. The van der Waals surface area contributed by atoms with Crippen molar-refractivity contribution in [3.05, 3.63) is 35.8 Å². The van der Waals surface area contributed by atoms with Gasteiger partial charge in [-0.15, -0.1) is 0 Å². The minimum Gasteiger partial charge on any atom is -0.465 e. The van der Waals surface area contributed by atoms with Gasteiger partial charge in [-0.2, -0.15) is 18.4 Å². The number of hydrogen-bond acceptors (Lipinski definition) is 8. The molecule has 13 heteroatoms. The minimum absolute atomic E-state index is 0.00946. The average Bonchev–Trinajstić information content (AvgIpc) is 3.13. The Morgan fingerprint density at radius 1 is 1.21 bits per heavy atom. The van der Waals surface area contributed by atoms with E-state index in [0.717, 1.165) is 24.5 Å². The molecule has 0 aliphatic rings. The third-order valence-electron chi connectivity index (χ3n) is 5.32. The number of pyridine rings is 2. The highest BCUT2D eigenvalue weighted by molar-refractivity contribution is 7.91. The highest BCUT2D eigenvalue weighted by Crippen LogP contribution is 2.34. The number of imidazole rings is 1. The van der Waals surface area contributed by atoms with Gasteiger partial charge in [-0.1, -0.05) is 6.92 Å². The number of sulfone groups is 1. The number of alkyl halides is 3. The number of rotatable bonds is 6. The molecule has 34 heavy (non-hydrogen) atoms. The molecule has 3 aromatic rings. The molecule has 0 saturated heterocycles. The molecule has 3 heterocycles. The summed E-state index contributed by atoms with van der Waals surface area (Å²) in [6.45, 7) is 4.25. The molecule has 0 radical (unpaired) electrons. The van der Waals surface area contributed by atoms with Crippen LogP contribution in [-0.4, -0.2) is 46.3 Å². The zero-order valence-corrected chi connectivity index (χ0v) is 19.5. The van der Waals surface area contributed by atoms with E-state index >= 15 is 0 Å². The topological polar surface area (TPSA) is 128 Å². The third-order valence-corrected chi connectivity index (χ3v) is 7.06. The SMILES string of the molecule is CCOC(=O)C(C)(C#N)c1cnc(-c2nc3cc(C(F)(F)F)ncc3n2C)c(S(=O)(=O)CC)c1. The van der Waals surface area contributed by atoms with Crippen LogP contribution in [0.15, 0.2) is 29.4 Å². The Morgan fingerprint density at radius 2 is 1.88 bits per heavy atom. The van der Waals surface area contributed by atoms with Crippen LogP contribution >= 0.6 is 0 Å². The van der Waals surface area contributed by atoms with Crippen molar-refractivity contribution in [3.63, 3.8) is 0 Å². The normalized spacial score (nSPS) is 13.9. The van der Waals surface area contributed by atoms with Crippen molar-refractivity contribution in [2.24, 2.45) is 7.05 Å². The van der Waals surface area contributed by atoms with Gasteiger partial charge in [0.25, 0.3) is 0 Å². The van der Waals surface area contributed by atoms with Gasteiger partial charge in [0.1, 0.15) is 11.4 Å². The van der Waals surface area contributed by atoms with E-state index in [1.54, 1.807) is 6.92 Å². The van der Waals surface area contributed by atoms with E-state index in [4.69, 9.17) is 4.74 Å². The molecule has 0 aliphatic heterocycles. The van der Waals surface area contributed by atoms with E-state index in [2.05, 4.69) is 15.0 Å². The maximum Gasteiger partial charge on any atom is 0.433 e. The number of fused-ring (bicyclic) bond motifs is 1. The Labute approximate surface area is 193 Å². The lowest BCUT2D eigenvalue weighted by atomic mass is 9.85. The van der Waals surface area contributed by atoms with E-state index in [1.807, 2.05) is 6.07 Å². The number of ether oxygens (including phenoxy) is 1. The van der Waals surface area contributed by atoms with Crippen LogP contribution in [0.2, 0.25) is 0 Å². The van der Waals surface area contributed by atoms with Crippen LogP contribution in [0.1, 0.15) is 32.0 Å². The quantitative estimate of drug-likeness (QED) is 0.477. The van der Waals surface area contributed by atoms with Crippen LogP contribution in [-0.2, 0) is 38.0 Å². The summed E-state index contributed by atoms with van der Waals surface area (Å²) in [6.07, 6.45) is -2.54. The fraction of sp³-hybridized carbons (Fsp3) is 0.381. The van der Waals surface area contributed by atoms with Gasteiger partial charge in [0, 0.05) is 18.8 Å². The van der Waals surface area contributed by atoms with Crippen LogP contribution in [0.25, 0.3) is 22.6 Å². The summed E-state index contributed by atoms with van der Waals surface area (Å²) in [7, 11) is -2.48. The number of carbonyl (C=O) groups excluding carboxylic acids is 1. The number of halogens is 3. The smallest absolute Gasteiger partial charge is 0.433 e. The van der Waals surface area contributed by atoms with Crippen molar-refractivity contribution in [1.82, 2.24) is 19.5 Å². The molecule has 0 fully saturated rings. The second-order valence-corrected chi connectivity index (χ2v) is 9.73. The van der Waals surface area contributed by atoms with Gasteiger partial charge in [-0.3, -0.25) is 4.98 Å². The lowest BCUT2D eigenvalue weighted by molar-refractivity contribution is -0.147. The third kappa shape index (κ3) is 4.21. The molecule has 9 nitrogen and oxygen atoms in total. The summed E-state index contributed by atoms with van der Waals surface area (Å²) in [4.78, 5) is 23.9. The number of nitriles is 1. The maximum absolute atomic E-state index is 13.1. The van der Waals surface area contributed by atoms with Crippen molar-refractivity contribution >= 4 is 26.8 Å². The van der Waals surface area contributed by atoms with Gasteiger partial charge in [0.2, 0.25) is 0 Å². The highest BCUT2D eigenvalue weighted by Gasteiger charge is 2.39. The number of nitrogens with zero attached hydrogens (tertiary/aromatic N) is 5. The summed E-state index contributed by atoms with van der Waals surface area (Å²) in [5.74, 6) is -1.23. The predicted molar refractivity (Wildman–Crippen MR) is 114 cm³/mol. The Hall–Kier alpha value is -3.53. The Bertz CT molecular complexity index is 1430. The van der Waals surface area contributed by atoms with Gasteiger partial charge >= 0.3 is 12.1 Å². The molecule has 0 saturated carbocycles. The number of carbonyl (C=O) groups is 1. The van der Waals surface area contributed by atoms with Crippen LogP contribution in [0, 0.1) is 11.3 Å². The molecule has 3 rings (SSSR count). The highest BCUT2D eigenvalue weighted by atomic mass is 32.2. The van der Waals surface area contributed by atoms with Crippen molar-refractivity contribution in [2.75, 3.05) is 12.4 Å². The average molecular weight is 495 g/mol. The summed E-state index contributed by atoms with van der Waals surface area (Å²) in [5, 5.41) is 9.66. The molecule has 0 bridgehead atoms. The molecule has 0 N–H and O–H groups in total. The Kier molecular flexibility index (Phi) is 6.41. The van der Waals surface area contributed by atoms with Crippen LogP contribution < -0.4 is 0 Å². The summed E-state index contributed by atoms with van der Waals surface area (Å²) in [6, 6.07) is 3.75. The maximum atomic E-state index is 13.1. The summed E-state index contributed by atoms with van der Waals surface area (Å²) in [5.41, 5.74) is -2.96. The molecular formula is C21H20F3N5O4S. The first-order valence-electron chi connectivity index (χ1n) is 10.0. The second kappa shape index (κ2) is 8.68. The molecule has 0 spiro atoms. The predicted octanol–water partition coefficient (Wildman–Crippen LogP) is 3.19. The zero-order valence-electron chi connectivity index (χ0n) is 18.6. The van der Waals surface area contributed by atoms with Crippen LogP contribution in [0.5, 0.6) is 0 Å². The first-order valence-corrected chi connectivity index (χ1v) is 11.7. The summed E-state index contributed by atoms with van der Waals surface area (Å²) < 4.78 is 71.4. The van der Waals surface area contributed by atoms with Gasteiger partial charge in [-0.25, -0.2) is 23.2 Å². The number of aromatic nitrogens is 4. The van der Waals surface area contributed by atoms with E-state index in [-0.39, 0.29) is 45.4 Å². The van der Waals surface area contributed by atoms with Crippen molar-refractivity contribution in [1.29, 1.82) is 5.26 Å². The molecule has 0 aromatic carbocycles. The number of esters is 1. The van der Waals surface area contributed by atoms with E-state index in [9.17, 15) is 31.6 Å². The Morgan fingerprint density at radius 3 is 2.44 bits per heavy atom. The molecule has 0 amide bonds. The number of aryl methyl sites for hydroxylation is 1. The lowest BCUT2D eigenvalue weighted by Crippen LogP contribution is -2.33. The van der Waals surface area contributed by atoms with Gasteiger partial charge in [0.15, 0.2) is 21.1 Å². The monoisotopic (exact) mass is 495 g/mol. The van der Waals surface area contributed by atoms with Gasteiger partial charge < -0.3 is 9.30 Å². The molecule has 1 unspecified atom stereocenters. The van der Waals surface area contributed by atoms with Gasteiger partial charge in [-0.05, 0) is 26.0 Å². The number of hydrogen-bond donors (Lipinski definition) is 0. The fourth-order valence-electron chi connectivity index (χ4n) is 3.24. The zero-order chi connectivity index (χ0) is 25.5. The largest absolute Gasteiger partial charge is 0.465 e. The lowest BCUT2D eigenvalue weighted by Gasteiger charge is -2.21. The van der Waals surface area contributed by atoms with E-state index < -0.39 is 33.1 Å². The van der Waals surface area contributed by atoms with E-state index in [0.29, 0.717) is 0 Å². The van der Waals surface area contributed by atoms with Crippen LogP contribution in [0.3, 0.4) is 0 Å².